The van der Waals surface area contributed by atoms with Crippen molar-refractivity contribution in [1.82, 2.24) is 0 Å². The number of nitrogens with one attached hydrogen (secondary N) is 1. The van der Waals surface area contributed by atoms with Crippen molar-refractivity contribution in [2.45, 2.75) is 19.9 Å². The third-order valence-electron chi connectivity index (χ3n) is 4.54. The van der Waals surface area contributed by atoms with Gasteiger partial charge < -0.3 is 19.5 Å². The second kappa shape index (κ2) is 12.9. The Bertz CT molecular complexity index is 902. The smallest absolute Gasteiger partial charge is 0.299 e. The van der Waals surface area contributed by atoms with Crippen molar-refractivity contribution >= 4 is 28.7 Å². The minimum atomic E-state index is -0.326. The predicted molar refractivity (Wildman–Crippen MR) is 127 cm³/mol. The quantitative estimate of drug-likeness (QED) is 0.429. The number of ether oxygens (including phenoxy) is 3. The molecule has 1 aliphatic heterocycles. The summed E-state index contributed by atoms with van der Waals surface area (Å²) in [5.74, 6) is 1.31. The Morgan fingerprint density at radius 2 is 2.00 bits per heavy atom. The molecule has 7 nitrogen and oxygen atoms in total. The van der Waals surface area contributed by atoms with Gasteiger partial charge in [-0.25, -0.2) is 0 Å². The minimum Gasteiger partial charge on any atom is -0.493 e. The molecule has 1 heterocycles. The molecular weight excluding hydrogens is 416 g/mol. The van der Waals surface area contributed by atoms with E-state index in [0.29, 0.717) is 55.5 Å². The summed E-state index contributed by atoms with van der Waals surface area (Å²) in [4.78, 5) is 11.5. The first-order valence-electron chi connectivity index (χ1n) is 10.0. The lowest BCUT2D eigenvalue weighted by Crippen LogP contribution is -2.08. The molecule has 2 aromatic rings. The lowest BCUT2D eigenvalue weighted by Gasteiger charge is -2.16. The van der Waals surface area contributed by atoms with Gasteiger partial charge in [0.15, 0.2) is 11.5 Å². The van der Waals surface area contributed by atoms with E-state index in [1.54, 1.807) is 31.0 Å². The van der Waals surface area contributed by atoms with Crippen molar-refractivity contribution < 1.29 is 19.1 Å². The van der Waals surface area contributed by atoms with Crippen LogP contribution in [0.1, 0.15) is 24.5 Å². The predicted octanol–water partition coefficient (Wildman–Crippen LogP) is 5.40. The number of nitro benzene ring substituents is 1. The Balaban J connectivity index is 0.00000107. The van der Waals surface area contributed by atoms with Gasteiger partial charge in [0.05, 0.1) is 37.4 Å². The van der Waals surface area contributed by atoms with E-state index < -0.39 is 0 Å². The van der Waals surface area contributed by atoms with Gasteiger partial charge in [0, 0.05) is 6.54 Å². The number of nitrogens with zero attached hydrogens (tertiary/aromatic N) is 1. The molecule has 0 radical (unpaired) electrons. The molecule has 168 valence electrons. The summed E-state index contributed by atoms with van der Waals surface area (Å²) in [6.07, 6.45) is 6.66. The second-order valence-electron chi connectivity index (χ2n) is 6.69. The van der Waals surface area contributed by atoms with Crippen LogP contribution in [0.25, 0.3) is 5.57 Å². The fourth-order valence-corrected chi connectivity index (χ4v) is 3.21. The summed E-state index contributed by atoms with van der Waals surface area (Å²) >= 11 is 1.75. The summed E-state index contributed by atoms with van der Waals surface area (Å²) in [6.45, 7) is 3.92. The Hall–Kier alpha value is -2.71. The second-order valence-corrected chi connectivity index (χ2v) is 7.51. The van der Waals surface area contributed by atoms with Crippen molar-refractivity contribution in [2.75, 3.05) is 44.8 Å². The van der Waals surface area contributed by atoms with E-state index in [0.717, 1.165) is 11.1 Å². The van der Waals surface area contributed by atoms with Crippen LogP contribution in [0.4, 0.5) is 11.4 Å². The van der Waals surface area contributed by atoms with Crippen LogP contribution < -0.4 is 14.8 Å². The maximum absolute atomic E-state index is 11.8. The number of methoxy groups -OCH3 is 1. The summed E-state index contributed by atoms with van der Waals surface area (Å²) < 4.78 is 16.2. The molecule has 3 rings (SSSR count). The van der Waals surface area contributed by atoms with Crippen LogP contribution in [0.5, 0.6) is 11.5 Å². The van der Waals surface area contributed by atoms with E-state index in [1.165, 1.54) is 0 Å². The van der Waals surface area contributed by atoms with Gasteiger partial charge in [-0.1, -0.05) is 18.2 Å². The Labute approximate surface area is 187 Å². The van der Waals surface area contributed by atoms with Crippen molar-refractivity contribution in [1.29, 1.82) is 0 Å². The van der Waals surface area contributed by atoms with E-state index in [4.69, 9.17) is 14.2 Å². The minimum absolute atomic E-state index is 0.0918. The third-order valence-corrected chi connectivity index (χ3v) is 4.54. The van der Waals surface area contributed by atoms with Gasteiger partial charge in [-0.2, -0.15) is 11.8 Å². The van der Waals surface area contributed by atoms with Gasteiger partial charge in [0.2, 0.25) is 0 Å². The number of benzene rings is 2. The molecule has 2 aromatic carbocycles. The lowest BCUT2D eigenvalue weighted by molar-refractivity contribution is -0.384. The van der Waals surface area contributed by atoms with E-state index in [1.807, 2.05) is 49.8 Å². The first-order chi connectivity index (χ1) is 15.0. The summed E-state index contributed by atoms with van der Waals surface area (Å²) in [6, 6.07) is 11.0. The van der Waals surface area contributed by atoms with E-state index in [9.17, 15) is 10.1 Å². The Morgan fingerprint density at radius 1 is 1.23 bits per heavy atom. The SMILES string of the molecule is CCOc1cc(CNc2cccc(C3=CCOCC3)c2[N+](=O)[O-])ccc1OC.CSC. The maximum Gasteiger partial charge on any atom is 0.299 e. The zero-order chi connectivity index (χ0) is 22.6. The standard InChI is InChI=1S/C21H24N2O5.C2H6S/c1-3-28-20-13-15(7-8-19(20)26-2)14-22-18-6-4-5-17(21(18)23(24)25)16-9-11-27-12-10-16;1-3-2/h4-9,13,22H,3,10-12,14H2,1-2H3;1-2H3. The Kier molecular flexibility index (Phi) is 10.2. The molecule has 0 saturated heterocycles. The highest BCUT2D eigenvalue weighted by atomic mass is 32.2. The summed E-state index contributed by atoms with van der Waals surface area (Å²) in [5.41, 5.74) is 3.11. The normalized spacial score (nSPS) is 12.8. The van der Waals surface area contributed by atoms with Gasteiger partial charge in [0.1, 0.15) is 5.69 Å². The molecule has 1 N–H and O–H groups in total. The van der Waals surface area contributed by atoms with Crippen LogP contribution in [0.2, 0.25) is 0 Å². The first kappa shape index (κ1) is 24.6. The van der Waals surface area contributed by atoms with Gasteiger partial charge in [-0.15, -0.1) is 0 Å². The van der Waals surface area contributed by atoms with Gasteiger partial charge in [0.25, 0.3) is 5.69 Å². The highest BCUT2D eigenvalue weighted by Crippen LogP contribution is 2.36. The maximum atomic E-state index is 11.8. The topological polar surface area (TPSA) is 82.9 Å². The highest BCUT2D eigenvalue weighted by molar-refractivity contribution is 7.97. The highest BCUT2D eigenvalue weighted by Gasteiger charge is 2.23. The molecule has 0 amide bonds. The fraction of sp³-hybridized carbons (Fsp3) is 0.391. The van der Waals surface area contributed by atoms with Crippen LogP contribution in [0.15, 0.2) is 42.5 Å². The van der Waals surface area contributed by atoms with Crippen LogP contribution in [-0.2, 0) is 11.3 Å². The average Bonchev–Trinajstić information content (AvgIpc) is 2.79. The zero-order valence-electron chi connectivity index (χ0n) is 18.5. The molecule has 8 heteroatoms. The van der Waals surface area contributed by atoms with Crippen LogP contribution in [0.3, 0.4) is 0 Å². The lowest BCUT2D eigenvalue weighted by atomic mass is 9.99. The van der Waals surface area contributed by atoms with Crippen molar-refractivity contribution in [3.8, 4) is 11.5 Å². The number of rotatable bonds is 8. The number of nitro groups is 1. The molecule has 0 unspecified atom stereocenters. The molecular formula is C23H30N2O5S. The zero-order valence-corrected chi connectivity index (χ0v) is 19.3. The number of hydrogen-bond donors (Lipinski definition) is 1. The molecule has 0 aliphatic carbocycles. The summed E-state index contributed by atoms with van der Waals surface area (Å²) in [5, 5.41) is 15.0. The van der Waals surface area contributed by atoms with E-state index in [-0.39, 0.29) is 10.6 Å². The van der Waals surface area contributed by atoms with Crippen molar-refractivity contribution in [3.63, 3.8) is 0 Å². The number of para-hydroxylation sites is 1. The molecule has 31 heavy (non-hydrogen) atoms. The largest absolute Gasteiger partial charge is 0.493 e. The number of anilines is 1. The van der Waals surface area contributed by atoms with Crippen LogP contribution in [0, 0.1) is 10.1 Å². The number of hydrogen-bond acceptors (Lipinski definition) is 7. The van der Waals surface area contributed by atoms with Gasteiger partial charge in [-0.3, -0.25) is 10.1 Å². The third kappa shape index (κ3) is 6.90. The molecule has 0 fully saturated rings. The van der Waals surface area contributed by atoms with E-state index >= 15 is 0 Å². The van der Waals surface area contributed by atoms with E-state index in [2.05, 4.69) is 5.32 Å². The Morgan fingerprint density at radius 3 is 2.61 bits per heavy atom. The van der Waals surface area contributed by atoms with Gasteiger partial charge in [-0.05, 0) is 61.3 Å². The molecule has 0 bridgehead atoms. The monoisotopic (exact) mass is 446 g/mol. The molecule has 0 spiro atoms. The fourth-order valence-electron chi connectivity index (χ4n) is 3.21. The van der Waals surface area contributed by atoms with Crippen LogP contribution >= 0.6 is 11.8 Å². The average molecular weight is 447 g/mol. The van der Waals surface area contributed by atoms with Crippen LogP contribution in [-0.4, -0.2) is 44.4 Å². The van der Waals surface area contributed by atoms with Crippen molar-refractivity contribution in [3.05, 3.63) is 63.7 Å². The van der Waals surface area contributed by atoms with Gasteiger partial charge >= 0.3 is 0 Å². The summed E-state index contributed by atoms with van der Waals surface area (Å²) in [7, 11) is 1.59. The molecule has 1 aliphatic rings. The molecule has 0 atom stereocenters. The van der Waals surface area contributed by atoms with Crippen molar-refractivity contribution in [2.24, 2.45) is 0 Å². The number of thioether (sulfide) groups is 1. The molecule has 0 aromatic heterocycles. The first-order valence-corrected chi connectivity index (χ1v) is 11.7. The molecule has 0 saturated carbocycles.